The molecule has 1 nitrogen and oxygen atoms in total. The van der Waals surface area contributed by atoms with Gasteiger partial charge in [0.1, 0.15) is 0 Å². The van der Waals surface area contributed by atoms with Gasteiger partial charge in [-0.05, 0) is 42.9 Å². The van der Waals surface area contributed by atoms with E-state index in [1.165, 1.54) is 36.1 Å². The summed E-state index contributed by atoms with van der Waals surface area (Å²) in [7, 11) is 0. The van der Waals surface area contributed by atoms with Crippen LogP contribution in [0, 0.1) is 0 Å². The van der Waals surface area contributed by atoms with Crippen molar-refractivity contribution in [3.05, 3.63) is 41.5 Å². The molecule has 1 aliphatic carbocycles. The van der Waals surface area contributed by atoms with E-state index in [0.29, 0.717) is 5.78 Å². The number of ketones is 1. The van der Waals surface area contributed by atoms with E-state index in [9.17, 15) is 4.79 Å². The first-order valence-corrected chi connectivity index (χ1v) is 8.30. The Kier molecular flexibility index (Phi) is 4.07. The van der Waals surface area contributed by atoms with Gasteiger partial charge in [0.15, 0.2) is 5.78 Å². The standard InChI is InChI=1S/C17H20OS/c18-17(13-8-4-2-1-3-5-9-13)15-12-19-16-11-7-6-10-14(15)16/h6-8,10-11,15H,1-5,9,12H2/b13-8+. The van der Waals surface area contributed by atoms with E-state index in [2.05, 4.69) is 30.3 Å². The first-order chi connectivity index (χ1) is 9.36. The van der Waals surface area contributed by atoms with Crippen LogP contribution in [0.15, 0.2) is 40.8 Å². The molecule has 1 aromatic rings. The number of hydrogen-bond donors (Lipinski definition) is 0. The molecule has 3 rings (SSSR count). The second-order valence-corrected chi connectivity index (χ2v) is 6.51. The number of benzene rings is 1. The number of carbonyl (C=O) groups is 1. The quantitative estimate of drug-likeness (QED) is 0.774. The van der Waals surface area contributed by atoms with Gasteiger partial charge in [-0.3, -0.25) is 4.79 Å². The van der Waals surface area contributed by atoms with Crippen molar-refractivity contribution in [2.24, 2.45) is 0 Å². The number of Topliss-reactive ketones (excluding diaryl/α,β-unsaturated/α-hetero) is 1. The lowest BCUT2D eigenvalue weighted by molar-refractivity contribution is -0.116. The molecule has 1 aliphatic heterocycles. The van der Waals surface area contributed by atoms with Crippen molar-refractivity contribution < 1.29 is 4.79 Å². The molecule has 1 aromatic carbocycles. The number of fused-ring (bicyclic) bond motifs is 1. The number of thioether (sulfide) groups is 1. The van der Waals surface area contributed by atoms with Gasteiger partial charge in [-0.25, -0.2) is 0 Å². The molecule has 1 unspecified atom stereocenters. The summed E-state index contributed by atoms with van der Waals surface area (Å²) < 4.78 is 0. The SMILES string of the molecule is O=C(/C1=C/CCCCCC1)C1CSc2ccccc21. The average Bonchev–Trinajstić information content (AvgIpc) is 2.81. The molecule has 0 saturated carbocycles. The molecule has 2 aliphatic rings. The Morgan fingerprint density at radius 2 is 1.95 bits per heavy atom. The topological polar surface area (TPSA) is 17.1 Å². The molecule has 0 fully saturated rings. The largest absolute Gasteiger partial charge is 0.294 e. The van der Waals surface area contributed by atoms with Crippen LogP contribution in [0.1, 0.15) is 50.0 Å². The minimum absolute atomic E-state index is 0.104. The summed E-state index contributed by atoms with van der Waals surface area (Å²) in [5.74, 6) is 1.42. The number of rotatable bonds is 2. The van der Waals surface area contributed by atoms with Crippen molar-refractivity contribution in [1.29, 1.82) is 0 Å². The highest BCUT2D eigenvalue weighted by atomic mass is 32.2. The Balaban J connectivity index is 1.81. The highest BCUT2D eigenvalue weighted by Gasteiger charge is 2.30. The van der Waals surface area contributed by atoms with Crippen LogP contribution < -0.4 is 0 Å². The van der Waals surface area contributed by atoms with Crippen molar-refractivity contribution in [3.63, 3.8) is 0 Å². The van der Waals surface area contributed by atoms with Gasteiger partial charge in [0.25, 0.3) is 0 Å². The van der Waals surface area contributed by atoms with Crippen molar-refractivity contribution in [3.8, 4) is 0 Å². The highest BCUT2D eigenvalue weighted by molar-refractivity contribution is 7.99. The molecular formula is C17H20OS. The van der Waals surface area contributed by atoms with Gasteiger partial charge in [-0.2, -0.15) is 0 Å². The average molecular weight is 272 g/mol. The predicted molar refractivity (Wildman–Crippen MR) is 80.7 cm³/mol. The first kappa shape index (κ1) is 13.0. The Labute approximate surface area is 119 Å². The highest BCUT2D eigenvalue weighted by Crippen LogP contribution is 2.41. The molecule has 1 heterocycles. The molecule has 0 spiro atoms. The van der Waals surface area contributed by atoms with Crippen molar-refractivity contribution in [2.75, 3.05) is 5.75 Å². The van der Waals surface area contributed by atoms with Crippen LogP contribution in [0.3, 0.4) is 0 Å². The molecule has 0 saturated heterocycles. The summed E-state index contributed by atoms with van der Waals surface area (Å²) in [6.45, 7) is 0. The van der Waals surface area contributed by atoms with E-state index >= 15 is 0 Å². The monoisotopic (exact) mass is 272 g/mol. The second kappa shape index (κ2) is 5.96. The number of allylic oxidation sites excluding steroid dienone is 2. The summed E-state index contributed by atoms with van der Waals surface area (Å²) >= 11 is 1.83. The molecule has 0 aromatic heterocycles. The maximum atomic E-state index is 12.7. The fraction of sp³-hybridized carbons (Fsp3) is 0.471. The van der Waals surface area contributed by atoms with Crippen LogP contribution in [0.4, 0.5) is 0 Å². The lowest BCUT2D eigenvalue weighted by atomic mass is 9.88. The van der Waals surface area contributed by atoms with Gasteiger partial charge < -0.3 is 0 Å². The molecule has 100 valence electrons. The lowest BCUT2D eigenvalue weighted by Crippen LogP contribution is -2.15. The summed E-state index contributed by atoms with van der Waals surface area (Å²) in [4.78, 5) is 14.0. The third-order valence-corrected chi connectivity index (χ3v) is 5.31. The fourth-order valence-corrected chi connectivity index (χ4v) is 4.25. The molecule has 0 amide bonds. The van der Waals surface area contributed by atoms with Gasteiger partial charge in [-0.15, -0.1) is 11.8 Å². The van der Waals surface area contributed by atoms with Crippen LogP contribution in [0.2, 0.25) is 0 Å². The van der Waals surface area contributed by atoms with Crippen LogP contribution in [-0.4, -0.2) is 11.5 Å². The Hall–Kier alpha value is -1.02. The molecule has 0 radical (unpaired) electrons. The van der Waals surface area contributed by atoms with E-state index in [0.717, 1.165) is 24.2 Å². The van der Waals surface area contributed by atoms with E-state index in [1.807, 2.05) is 11.8 Å². The summed E-state index contributed by atoms with van der Waals surface area (Å²) in [5.41, 5.74) is 2.35. The van der Waals surface area contributed by atoms with E-state index < -0.39 is 0 Å². The summed E-state index contributed by atoms with van der Waals surface area (Å²) in [6.07, 6.45) is 9.31. The van der Waals surface area contributed by atoms with Gasteiger partial charge in [0, 0.05) is 10.6 Å². The first-order valence-electron chi connectivity index (χ1n) is 7.31. The minimum atomic E-state index is 0.104. The third-order valence-electron chi connectivity index (χ3n) is 4.12. The predicted octanol–water partition coefficient (Wildman–Crippen LogP) is 4.73. The van der Waals surface area contributed by atoms with E-state index in [-0.39, 0.29) is 5.92 Å². The van der Waals surface area contributed by atoms with Gasteiger partial charge in [0.05, 0.1) is 5.92 Å². The van der Waals surface area contributed by atoms with Crippen molar-refractivity contribution in [1.82, 2.24) is 0 Å². The molecular weight excluding hydrogens is 252 g/mol. The smallest absolute Gasteiger partial charge is 0.166 e. The van der Waals surface area contributed by atoms with Crippen LogP contribution in [0.25, 0.3) is 0 Å². The number of carbonyl (C=O) groups excluding carboxylic acids is 1. The van der Waals surface area contributed by atoms with Crippen molar-refractivity contribution >= 4 is 17.5 Å². The third kappa shape index (κ3) is 2.79. The molecule has 0 N–H and O–H groups in total. The zero-order valence-corrected chi connectivity index (χ0v) is 12.0. The molecule has 0 bridgehead atoms. The Bertz CT molecular complexity index is 504. The van der Waals surface area contributed by atoms with Gasteiger partial charge in [0.2, 0.25) is 0 Å². The maximum absolute atomic E-state index is 12.7. The zero-order chi connectivity index (χ0) is 13.1. The Morgan fingerprint density at radius 1 is 1.11 bits per heavy atom. The van der Waals surface area contributed by atoms with Crippen molar-refractivity contribution in [2.45, 2.75) is 49.3 Å². The molecule has 19 heavy (non-hydrogen) atoms. The second-order valence-electron chi connectivity index (χ2n) is 5.45. The van der Waals surface area contributed by atoms with Gasteiger partial charge in [-0.1, -0.05) is 37.1 Å². The Morgan fingerprint density at radius 3 is 2.89 bits per heavy atom. The summed E-state index contributed by atoms with van der Waals surface area (Å²) in [6, 6.07) is 8.38. The number of hydrogen-bond acceptors (Lipinski definition) is 2. The van der Waals surface area contributed by atoms with E-state index in [4.69, 9.17) is 0 Å². The molecule has 2 heteroatoms. The van der Waals surface area contributed by atoms with Crippen LogP contribution in [0.5, 0.6) is 0 Å². The minimum Gasteiger partial charge on any atom is -0.294 e. The lowest BCUT2D eigenvalue weighted by Gasteiger charge is -2.15. The van der Waals surface area contributed by atoms with Crippen LogP contribution >= 0.6 is 11.8 Å². The van der Waals surface area contributed by atoms with Gasteiger partial charge >= 0.3 is 0 Å². The van der Waals surface area contributed by atoms with Crippen LogP contribution in [-0.2, 0) is 4.79 Å². The van der Waals surface area contributed by atoms with E-state index in [1.54, 1.807) is 0 Å². The normalized spacial score (nSPS) is 25.9. The maximum Gasteiger partial charge on any atom is 0.166 e. The molecule has 1 atom stereocenters. The summed E-state index contributed by atoms with van der Waals surface area (Å²) in [5, 5.41) is 0. The zero-order valence-electron chi connectivity index (χ0n) is 11.2. The fourth-order valence-electron chi connectivity index (χ4n) is 3.02.